The molecule has 4 rings (SSSR count). The predicted molar refractivity (Wildman–Crippen MR) is 154 cm³/mol. The van der Waals surface area contributed by atoms with Crippen molar-refractivity contribution in [2.45, 2.75) is 109 Å². The standard InChI is InChI=1S/C32H40O14/c1-16(33)40-15-31-25(43-19(4)36)22(41-17(2)34)14-30(8,39)32(31)26(44-20(5)37)23(29(6,7)46-32)24(42-18(3)35)27(31)45-28(38)21-12-10-9-11-13-21/h9-13,22-27,39H,14-15H2,1-8H3/t22?,23-,24?,25?,26?,27?,30-,31+,32-/m0/s1. The molecule has 1 N–H and O–H groups in total. The Balaban J connectivity index is 2.18. The molecule has 1 aliphatic heterocycles. The fraction of sp³-hybridized carbons (Fsp3) is 0.625. The van der Waals surface area contributed by atoms with E-state index in [0.717, 1.165) is 34.6 Å². The lowest BCUT2D eigenvalue weighted by atomic mass is 9.45. The number of esters is 6. The molecule has 2 bridgehead atoms. The average molecular weight is 649 g/mol. The summed E-state index contributed by atoms with van der Waals surface area (Å²) in [5.74, 6) is -6.19. The SMILES string of the molecule is CC(=O)OC[C@]12C(OC(C)=O)C(OC(C)=O)C[C@](C)(O)[C@]13OC(C)(C)[C@@H](C(OC(C)=O)C2OC(=O)c1ccccc1)C3OC(C)=O. The van der Waals surface area contributed by atoms with Crippen LogP contribution in [0.5, 0.6) is 0 Å². The highest BCUT2D eigenvalue weighted by molar-refractivity contribution is 5.89. The van der Waals surface area contributed by atoms with Gasteiger partial charge in [-0.25, -0.2) is 4.79 Å². The third-order valence-electron chi connectivity index (χ3n) is 9.01. The maximum absolute atomic E-state index is 13.8. The number of fused-ring (bicyclic) bond motifs is 1. The lowest BCUT2D eigenvalue weighted by Gasteiger charge is -2.66. The normalized spacial score (nSPS) is 35.5. The lowest BCUT2D eigenvalue weighted by Crippen LogP contribution is -2.85. The van der Waals surface area contributed by atoms with Gasteiger partial charge >= 0.3 is 35.8 Å². The van der Waals surface area contributed by atoms with Crippen LogP contribution in [-0.4, -0.2) is 94.9 Å². The van der Waals surface area contributed by atoms with Crippen LogP contribution in [0.2, 0.25) is 0 Å². The molecule has 252 valence electrons. The molecule has 1 heterocycles. The number of benzene rings is 1. The van der Waals surface area contributed by atoms with Gasteiger partial charge in [-0.1, -0.05) is 18.2 Å². The Bertz CT molecular complexity index is 1400. The van der Waals surface area contributed by atoms with Gasteiger partial charge in [0.25, 0.3) is 0 Å². The summed E-state index contributed by atoms with van der Waals surface area (Å²) in [4.78, 5) is 77.1. The van der Waals surface area contributed by atoms with Gasteiger partial charge in [0.05, 0.1) is 22.7 Å². The molecule has 46 heavy (non-hydrogen) atoms. The Hall–Kier alpha value is -4.04. The number of hydrogen-bond donors (Lipinski definition) is 1. The highest BCUT2D eigenvalue weighted by atomic mass is 16.7. The second kappa shape index (κ2) is 12.3. The summed E-state index contributed by atoms with van der Waals surface area (Å²) in [6.07, 6.45) is -8.28. The van der Waals surface area contributed by atoms with Crippen molar-refractivity contribution in [3.63, 3.8) is 0 Å². The molecule has 0 radical (unpaired) electrons. The van der Waals surface area contributed by atoms with Gasteiger partial charge in [0.1, 0.15) is 30.3 Å². The summed E-state index contributed by atoms with van der Waals surface area (Å²) in [6, 6.07) is 7.80. The summed E-state index contributed by atoms with van der Waals surface area (Å²) >= 11 is 0. The maximum Gasteiger partial charge on any atom is 0.338 e. The third kappa shape index (κ3) is 5.72. The average Bonchev–Trinajstić information content (AvgIpc) is 3.12. The van der Waals surface area contributed by atoms with Gasteiger partial charge in [-0.2, -0.15) is 0 Å². The Morgan fingerprint density at radius 1 is 0.739 bits per heavy atom. The predicted octanol–water partition coefficient (Wildman–Crippen LogP) is 1.82. The summed E-state index contributed by atoms with van der Waals surface area (Å²) in [6.45, 7) is 9.26. The molecule has 2 aliphatic carbocycles. The van der Waals surface area contributed by atoms with Gasteiger partial charge in [0.15, 0.2) is 17.8 Å². The minimum Gasteiger partial charge on any atom is -0.465 e. The number of aliphatic hydroxyl groups is 1. The van der Waals surface area contributed by atoms with E-state index in [2.05, 4.69) is 0 Å². The highest BCUT2D eigenvalue weighted by Gasteiger charge is 2.89. The van der Waals surface area contributed by atoms with Crippen LogP contribution in [-0.2, 0) is 57.1 Å². The topological polar surface area (TPSA) is 187 Å². The van der Waals surface area contributed by atoms with E-state index in [4.69, 9.17) is 33.2 Å². The molecule has 9 atom stereocenters. The van der Waals surface area contributed by atoms with E-state index >= 15 is 0 Å². The molecule has 2 saturated carbocycles. The molecule has 14 nitrogen and oxygen atoms in total. The Morgan fingerprint density at radius 3 is 1.80 bits per heavy atom. The molecule has 3 aliphatic rings. The number of carbonyl (C=O) groups is 6. The molecule has 1 aromatic rings. The molecule has 1 spiro atoms. The van der Waals surface area contributed by atoms with Gasteiger partial charge < -0.3 is 38.3 Å². The van der Waals surface area contributed by atoms with Gasteiger partial charge in [0.2, 0.25) is 0 Å². The van der Waals surface area contributed by atoms with Crippen LogP contribution >= 0.6 is 0 Å². The molecule has 14 heteroatoms. The van der Waals surface area contributed by atoms with Crippen molar-refractivity contribution >= 4 is 35.8 Å². The quantitative estimate of drug-likeness (QED) is 0.318. The van der Waals surface area contributed by atoms with Crippen molar-refractivity contribution in [2.24, 2.45) is 11.3 Å². The zero-order valence-corrected chi connectivity index (χ0v) is 27.0. The minimum atomic E-state index is -2.25. The van der Waals surface area contributed by atoms with Crippen LogP contribution in [0, 0.1) is 11.3 Å². The Kier molecular flexibility index (Phi) is 9.30. The number of ether oxygens (including phenoxy) is 7. The van der Waals surface area contributed by atoms with Crippen molar-refractivity contribution in [3.8, 4) is 0 Å². The minimum absolute atomic E-state index is 0.0820. The van der Waals surface area contributed by atoms with Crippen LogP contribution in [0.4, 0.5) is 0 Å². The molecular weight excluding hydrogens is 608 g/mol. The van der Waals surface area contributed by atoms with E-state index in [1.165, 1.54) is 19.1 Å². The van der Waals surface area contributed by atoms with Gasteiger partial charge in [-0.15, -0.1) is 0 Å². The first-order valence-electron chi connectivity index (χ1n) is 14.8. The Morgan fingerprint density at radius 2 is 1.28 bits per heavy atom. The van der Waals surface area contributed by atoms with E-state index in [-0.39, 0.29) is 5.56 Å². The molecule has 1 saturated heterocycles. The zero-order valence-electron chi connectivity index (χ0n) is 27.0. The number of hydrogen-bond acceptors (Lipinski definition) is 14. The van der Waals surface area contributed by atoms with E-state index in [0.29, 0.717) is 0 Å². The lowest BCUT2D eigenvalue weighted by molar-refractivity contribution is -0.363. The smallest absolute Gasteiger partial charge is 0.338 e. The summed E-state index contributed by atoms with van der Waals surface area (Å²) in [7, 11) is 0. The first-order chi connectivity index (χ1) is 21.3. The van der Waals surface area contributed by atoms with Crippen molar-refractivity contribution < 1.29 is 67.0 Å². The van der Waals surface area contributed by atoms with Crippen LogP contribution in [0.15, 0.2) is 30.3 Å². The molecule has 1 aromatic carbocycles. The second-order valence-electron chi connectivity index (χ2n) is 12.7. The van der Waals surface area contributed by atoms with Crippen molar-refractivity contribution in [2.75, 3.05) is 6.61 Å². The first kappa shape index (κ1) is 34.8. The third-order valence-corrected chi connectivity index (χ3v) is 9.01. The largest absolute Gasteiger partial charge is 0.465 e. The van der Waals surface area contributed by atoms with Crippen molar-refractivity contribution in [1.82, 2.24) is 0 Å². The summed E-state index contributed by atoms with van der Waals surface area (Å²) in [5.41, 5.74) is -7.92. The monoisotopic (exact) mass is 648 g/mol. The molecule has 3 fully saturated rings. The van der Waals surface area contributed by atoms with Gasteiger partial charge in [-0.05, 0) is 32.9 Å². The zero-order chi connectivity index (χ0) is 34.4. The van der Waals surface area contributed by atoms with Crippen molar-refractivity contribution in [3.05, 3.63) is 35.9 Å². The van der Waals surface area contributed by atoms with E-state index in [1.807, 2.05) is 0 Å². The second-order valence-corrected chi connectivity index (χ2v) is 12.7. The van der Waals surface area contributed by atoms with E-state index in [1.54, 1.807) is 32.0 Å². The van der Waals surface area contributed by atoms with Crippen LogP contribution in [0.25, 0.3) is 0 Å². The summed E-state index contributed by atoms with van der Waals surface area (Å²) in [5, 5.41) is 12.5. The molecular formula is C32H40O14. The number of carbonyl (C=O) groups excluding carboxylic acids is 6. The van der Waals surface area contributed by atoms with Crippen LogP contribution in [0.1, 0.15) is 72.2 Å². The van der Waals surface area contributed by atoms with Gasteiger partial charge in [-0.3, -0.25) is 24.0 Å². The van der Waals surface area contributed by atoms with Crippen LogP contribution in [0.3, 0.4) is 0 Å². The molecule has 0 aromatic heterocycles. The van der Waals surface area contributed by atoms with Gasteiger partial charge in [0, 0.05) is 41.0 Å². The fourth-order valence-electron chi connectivity index (χ4n) is 7.81. The van der Waals surface area contributed by atoms with E-state index < -0.39 is 107 Å². The Labute approximate surface area is 265 Å². The maximum atomic E-state index is 13.8. The molecule has 0 amide bonds. The summed E-state index contributed by atoms with van der Waals surface area (Å²) < 4.78 is 41.9. The van der Waals surface area contributed by atoms with Crippen LogP contribution < -0.4 is 0 Å². The van der Waals surface area contributed by atoms with Crippen molar-refractivity contribution in [1.29, 1.82) is 0 Å². The van der Waals surface area contributed by atoms with E-state index in [9.17, 15) is 33.9 Å². The highest BCUT2D eigenvalue weighted by Crippen LogP contribution is 2.69. The molecule has 5 unspecified atom stereocenters. The first-order valence-corrected chi connectivity index (χ1v) is 14.8. The number of rotatable bonds is 8. The fourth-order valence-corrected chi connectivity index (χ4v) is 7.81.